The number of nitrogens with one attached hydrogen (secondary N) is 2. The van der Waals surface area contributed by atoms with E-state index in [9.17, 15) is 4.39 Å². The largest absolute Gasteiger partial charge is 0.356 e. The molecule has 1 saturated carbocycles. The molecule has 0 aliphatic heterocycles. The monoisotopic (exact) mass is 423 g/mol. The number of hydrogen-bond acceptors (Lipinski definition) is 2. The Labute approximate surface area is 147 Å². The Kier molecular flexibility index (Phi) is 8.39. The van der Waals surface area contributed by atoms with Crippen molar-refractivity contribution in [2.24, 2.45) is 10.9 Å². The van der Waals surface area contributed by atoms with Gasteiger partial charge in [0.25, 0.3) is 0 Å². The second-order valence-corrected chi connectivity index (χ2v) is 6.29. The SMILES string of the molecule is CN=C(NCCCSc1ccc(F)cc1)NC1CC1C.I. The average Bonchev–Trinajstić information content (AvgIpc) is 3.14. The van der Waals surface area contributed by atoms with Crippen molar-refractivity contribution in [3.63, 3.8) is 0 Å². The number of guanidine groups is 1. The Morgan fingerprint density at radius 2 is 2.05 bits per heavy atom. The van der Waals surface area contributed by atoms with E-state index in [1.54, 1.807) is 18.8 Å². The molecule has 2 N–H and O–H groups in total. The van der Waals surface area contributed by atoms with Gasteiger partial charge in [-0.1, -0.05) is 6.92 Å². The van der Waals surface area contributed by atoms with E-state index < -0.39 is 0 Å². The predicted molar refractivity (Wildman–Crippen MR) is 99.2 cm³/mol. The number of thioether (sulfide) groups is 1. The molecule has 118 valence electrons. The van der Waals surface area contributed by atoms with E-state index >= 15 is 0 Å². The molecule has 0 spiro atoms. The summed E-state index contributed by atoms with van der Waals surface area (Å²) in [5.74, 6) is 2.49. The lowest BCUT2D eigenvalue weighted by Gasteiger charge is -2.11. The van der Waals surface area contributed by atoms with Gasteiger partial charge in [-0.25, -0.2) is 4.39 Å². The summed E-state index contributed by atoms with van der Waals surface area (Å²) >= 11 is 1.75. The fraction of sp³-hybridized carbons (Fsp3) is 0.533. The van der Waals surface area contributed by atoms with E-state index in [-0.39, 0.29) is 29.8 Å². The second-order valence-electron chi connectivity index (χ2n) is 5.12. The zero-order valence-electron chi connectivity index (χ0n) is 12.4. The standard InChI is InChI=1S/C15H22FN3S.HI/c1-11-10-14(11)19-15(17-2)18-8-3-9-20-13-6-4-12(16)5-7-13;/h4-7,11,14H,3,8-10H2,1-2H3,(H2,17,18,19);1H. The molecular weight excluding hydrogens is 400 g/mol. The summed E-state index contributed by atoms with van der Waals surface area (Å²) in [4.78, 5) is 5.33. The van der Waals surface area contributed by atoms with E-state index in [0.717, 1.165) is 35.5 Å². The van der Waals surface area contributed by atoms with Gasteiger partial charge in [-0.15, -0.1) is 35.7 Å². The van der Waals surface area contributed by atoms with Gasteiger partial charge in [-0.05, 0) is 48.8 Å². The van der Waals surface area contributed by atoms with Crippen molar-refractivity contribution in [1.29, 1.82) is 0 Å². The first-order valence-corrected chi connectivity index (χ1v) is 8.03. The molecule has 0 aromatic heterocycles. The van der Waals surface area contributed by atoms with Gasteiger partial charge in [0, 0.05) is 24.5 Å². The topological polar surface area (TPSA) is 36.4 Å². The van der Waals surface area contributed by atoms with Crippen LogP contribution in [0.4, 0.5) is 4.39 Å². The number of rotatable bonds is 6. The highest BCUT2D eigenvalue weighted by Crippen LogP contribution is 2.28. The molecule has 2 unspecified atom stereocenters. The molecule has 0 amide bonds. The number of aliphatic imine (C=N–C) groups is 1. The van der Waals surface area contributed by atoms with Crippen molar-refractivity contribution in [3.05, 3.63) is 30.1 Å². The van der Waals surface area contributed by atoms with Gasteiger partial charge >= 0.3 is 0 Å². The van der Waals surface area contributed by atoms with Crippen LogP contribution in [0.15, 0.2) is 34.2 Å². The van der Waals surface area contributed by atoms with E-state index in [1.165, 1.54) is 18.6 Å². The van der Waals surface area contributed by atoms with Crippen molar-refractivity contribution < 1.29 is 4.39 Å². The molecular formula is C15H23FIN3S. The molecule has 2 atom stereocenters. The molecule has 21 heavy (non-hydrogen) atoms. The summed E-state index contributed by atoms with van der Waals surface area (Å²) in [6, 6.07) is 7.24. The summed E-state index contributed by atoms with van der Waals surface area (Å²) < 4.78 is 12.8. The van der Waals surface area contributed by atoms with Gasteiger partial charge in [0.05, 0.1) is 0 Å². The molecule has 0 bridgehead atoms. The van der Waals surface area contributed by atoms with E-state index in [4.69, 9.17) is 0 Å². The highest BCUT2D eigenvalue weighted by atomic mass is 127. The quantitative estimate of drug-likeness (QED) is 0.242. The Morgan fingerprint density at radius 3 is 2.62 bits per heavy atom. The van der Waals surface area contributed by atoms with Crippen LogP contribution in [-0.4, -0.2) is 31.3 Å². The van der Waals surface area contributed by atoms with Crippen LogP contribution in [0.25, 0.3) is 0 Å². The van der Waals surface area contributed by atoms with Gasteiger partial charge in [-0.2, -0.15) is 0 Å². The van der Waals surface area contributed by atoms with Gasteiger partial charge in [-0.3, -0.25) is 4.99 Å². The van der Waals surface area contributed by atoms with Crippen LogP contribution in [0.1, 0.15) is 19.8 Å². The summed E-state index contributed by atoms with van der Waals surface area (Å²) in [5.41, 5.74) is 0. The summed E-state index contributed by atoms with van der Waals surface area (Å²) in [5, 5.41) is 6.72. The summed E-state index contributed by atoms with van der Waals surface area (Å²) in [6.07, 6.45) is 2.28. The van der Waals surface area contributed by atoms with Crippen molar-refractivity contribution in [2.75, 3.05) is 19.3 Å². The van der Waals surface area contributed by atoms with Crippen LogP contribution < -0.4 is 10.6 Å². The third kappa shape index (κ3) is 6.86. The number of benzene rings is 1. The molecule has 1 aromatic carbocycles. The lowest BCUT2D eigenvalue weighted by Crippen LogP contribution is -2.39. The van der Waals surface area contributed by atoms with Crippen LogP contribution in [-0.2, 0) is 0 Å². The Bertz CT molecular complexity index is 453. The summed E-state index contributed by atoms with van der Waals surface area (Å²) in [7, 11) is 1.80. The zero-order valence-corrected chi connectivity index (χ0v) is 15.6. The lowest BCUT2D eigenvalue weighted by molar-refractivity contribution is 0.626. The Balaban J connectivity index is 0.00000220. The molecule has 0 radical (unpaired) electrons. The molecule has 1 fully saturated rings. The second kappa shape index (κ2) is 9.50. The molecule has 1 aliphatic carbocycles. The number of hydrogen-bond donors (Lipinski definition) is 2. The Morgan fingerprint density at radius 1 is 1.38 bits per heavy atom. The maximum Gasteiger partial charge on any atom is 0.191 e. The Hall–Kier alpha value is -0.500. The minimum atomic E-state index is -0.180. The van der Waals surface area contributed by atoms with Crippen molar-refractivity contribution in [3.8, 4) is 0 Å². The van der Waals surface area contributed by atoms with Crippen LogP contribution in [0.3, 0.4) is 0 Å². The van der Waals surface area contributed by atoms with Gasteiger partial charge in [0.1, 0.15) is 5.82 Å². The predicted octanol–water partition coefficient (Wildman–Crippen LogP) is 3.50. The third-order valence-electron chi connectivity index (χ3n) is 3.35. The van der Waals surface area contributed by atoms with Gasteiger partial charge in [0.2, 0.25) is 0 Å². The smallest absolute Gasteiger partial charge is 0.191 e. The molecule has 1 aromatic rings. The molecule has 2 rings (SSSR count). The third-order valence-corrected chi connectivity index (χ3v) is 4.45. The fourth-order valence-electron chi connectivity index (χ4n) is 1.89. The normalized spacial score (nSPS) is 20.6. The van der Waals surface area contributed by atoms with Crippen LogP contribution in [0.5, 0.6) is 0 Å². The average molecular weight is 423 g/mol. The van der Waals surface area contributed by atoms with Gasteiger partial charge in [0.15, 0.2) is 5.96 Å². The first-order valence-electron chi connectivity index (χ1n) is 7.04. The van der Waals surface area contributed by atoms with Crippen molar-refractivity contribution in [1.82, 2.24) is 10.6 Å². The number of halogens is 2. The molecule has 0 saturated heterocycles. The van der Waals surface area contributed by atoms with Crippen molar-refractivity contribution in [2.45, 2.75) is 30.7 Å². The van der Waals surface area contributed by atoms with Crippen LogP contribution in [0, 0.1) is 11.7 Å². The van der Waals surface area contributed by atoms with Crippen molar-refractivity contribution >= 4 is 41.7 Å². The fourth-order valence-corrected chi connectivity index (χ4v) is 2.75. The maximum atomic E-state index is 12.8. The van der Waals surface area contributed by atoms with E-state index in [2.05, 4.69) is 22.5 Å². The maximum absolute atomic E-state index is 12.8. The summed E-state index contributed by atoms with van der Waals surface area (Å²) in [6.45, 7) is 3.14. The van der Waals surface area contributed by atoms with E-state index in [0.29, 0.717) is 6.04 Å². The first-order chi connectivity index (χ1) is 9.69. The lowest BCUT2D eigenvalue weighted by atomic mass is 10.4. The van der Waals surface area contributed by atoms with Crippen LogP contribution in [0.2, 0.25) is 0 Å². The highest BCUT2D eigenvalue weighted by molar-refractivity contribution is 14.0. The van der Waals surface area contributed by atoms with Crippen LogP contribution >= 0.6 is 35.7 Å². The molecule has 1 aliphatic rings. The minimum Gasteiger partial charge on any atom is -0.356 e. The molecule has 3 nitrogen and oxygen atoms in total. The van der Waals surface area contributed by atoms with E-state index in [1.807, 2.05) is 12.1 Å². The van der Waals surface area contributed by atoms with Gasteiger partial charge < -0.3 is 10.6 Å². The molecule has 6 heteroatoms. The zero-order chi connectivity index (χ0) is 14.4. The minimum absolute atomic E-state index is 0. The highest BCUT2D eigenvalue weighted by Gasteiger charge is 2.32. The molecule has 0 heterocycles. The first kappa shape index (κ1) is 18.5. The number of nitrogens with zero attached hydrogens (tertiary/aromatic N) is 1.